The zero-order chi connectivity index (χ0) is 19.6. The summed E-state index contributed by atoms with van der Waals surface area (Å²) in [4.78, 5) is 23.9. The summed E-state index contributed by atoms with van der Waals surface area (Å²) in [5, 5.41) is 6.82. The molecule has 0 aliphatic carbocycles. The van der Waals surface area contributed by atoms with Crippen molar-refractivity contribution in [3.63, 3.8) is 0 Å². The number of amides is 2. The first-order valence-corrected chi connectivity index (χ1v) is 9.33. The van der Waals surface area contributed by atoms with Gasteiger partial charge in [-0.3, -0.25) is 9.59 Å². The Bertz CT molecular complexity index is 778. The molecule has 5 heteroatoms. The summed E-state index contributed by atoms with van der Waals surface area (Å²) in [6, 6.07) is 14.8. The van der Waals surface area contributed by atoms with Crippen LogP contribution in [-0.4, -0.2) is 18.0 Å². The number of hydrogen-bond acceptors (Lipinski definition) is 3. The van der Waals surface area contributed by atoms with Crippen molar-refractivity contribution in [2.75, 3.05) is 5.32 Å². The van der Waals surface area contributed by atoms with Crippen molar-refractivity contribution in [2.24, 2.45) is 5.10 Å². The summed E-state index contributed by atoms with van der Waals surface area (Å²) in [7, 11) is 0. The number of anilines is 1. The van der Waals surface area contributed by atoms with Crippen molar-refractivity contribution < 1.29 is 9.59 Å². The number of nitrogens with one attached hydrogen (secondary N) is 2. The Morgan fingerprint density at radius 3 is 2.30 bits per heavy atom. The monoisotopic (exact) mass is 365 g/mol. The number of hydrogen-bond donors (Lipinski definition) is 2. The second kappa shape index (κ2) is 10.3. The minimum atomic E-state index is -0.297. The van der Waals surface area contributed by atoms with E-state index in [-0.39, 0.29) is 11.8 Å². The third-order valence-electron chi connectivity index (χ3n) is 4.17. The van der Waals surface area contributed by atoms with Gasteiger partial charge in [0.15, 0.2) is 0 Å². The minimum Gasteiger partial charge on any atom is -0.326 e. The molecule has 27 heavy (non-hydrogen) atoms. The molecule has 0 bridgehead atoms. The molecule has 2 aromatic carbocycles. The fourth-order valence-electron chi connectivity index (χ4n) is 2.46. The Morgan fingerprint density at radius 2 is 1.70 bits per heavy atom. The Hall–Kier alpha value is -2.95. The van der Waals surface area contributed by atoms with E-state index < -0.39 is 0 Å². The predicted octanol–water partition coefficient (Wildman–Crippen LogP) is 4.70. The number of carbonyl (C=O) groups is 2. The highest BCUT2D eigenvalue weighted by atomic mass is 16.2. The highest BCUT2D eigenvalue weighted by Crippen LogP contribution is 2.14. The van der Waals surface area contributed by atoms with E-state index >= 15 is 0 Å². The maximum Gasteiger partial charge on any atom is 0.271 e. The number of benzene rings is 2. The molecule has 2 amide bonds. The summed E-state index contributed by atoms with van der Waals surface area (Å²) in [5.74, 6) is 0.172. The first-order chi connectivity index (χ1) is 13.0. The first kappa shape index (κ1) is 20.4. The van der Waals surface area contributed by atoms with Crippen LogP contribution in [0, 0.1) is 0 Å². The summed E-state index contributed by atoms with van der Waals surface area (Å²) >= 11 is 0. The lowest BCUT2D eigenvalue weighted by Crippen LogP contribution is -2.17. The Labute approximate surface area is 160 Å². The average molecular weight is 365 g/mol. The van der Waals surface area contributed by atoms with Crippen LogP contribution in [0.2, 0.25) is 0 Å². The maximum absolute atomic E-state index is 12.1. The van der Waals surface area contributed by atoms with E-state index in [1.54, 1.807) is 30.5 Å². The Kier molecular flexibility index (Phi) is 7.74. The molecule has 142 valence electrons. The fraction of sp³-hybridized carbons (Fsp3) is 0.318. The Morgan fingerprint density at radius 1 is 1.04 bits per heavy atom. The van der Waals surface area contributed by atoms with Gasteiger partial charge in [-0.1, -0.05) is 51.5 Å². The molecule has 0 aliphatic heterocycles. The molecule has 0 unspecified atom stereocenters. The van der Waals surface area contributed by atoms with Gasteiger partial charge in [0, 0.05) is 17.7 Å². The summed E-state index contributed by atoms with van der Waals surface area (Å²) in [6.45, 7) is 6.33. The Balaban J connectivity index is 1.87. The summed E-state index contributed by atoms with van der Waals surface area (Å²) in [5.41, 5.74) is 5.86. The SMILES string of the molecule is CCCCC(=O)Nc1ccc(C(=O)NN=Cc2ccc(C(C)C)cc2)cc1. The van der Waals surface area contributed by atoms with E-state index in [9.17, 15) is 9.59 Å². The van der Waals surface area contributed by atoms with Crippen molar-refractivity contribution in [1.82, 2.24) is 5.43 Å². The first-order valence-electron chi connectivity index (χ1n) is 9.33. The topological polar surface area (TPSA) is 70.6 Å². The van der Waals surface area contributed by atoms with Crippen LogP contribution < -0.4 is 10.7 Å². The van der Waals surface area contributed by atoms with Gasteiger partial charge in [0.1, 0.15) is 0 Å². The molecule has 0 aromatic heterocycles. The van der Waals surface area contributed by atoms with Crippen LogP contribution >= 0.6 is 0 Å². The van der Waals surface area contributed by atoms with Gasteiger partial charge in [-0.25, -0.2) is 5.43 Å². The molecular weight excluding hydrogens is 338 g/mol. The zero-order valence-corrected chi connectivity index (χ0v) is 16.2. The molecule has 0 atom stereocenters. The molecule has 0 aliphatic rings. The smallest absolute Gasteiger partial charge is 0.271 e. The molecule has 0 saturated heterocycles. The van der Waals surface area contributed by atoms with Crippen LogP contribution in [0.1, 0.15) is 67.4 Å². The molecule has 2 N–H and O–H groups in total. The van der Waals surface area contributed by atoms with E-state index in [0.717, 1.165) is 18.4 Å². The molecule has 2 aromatic rings. The minimum absolute atomic E-state index is 0.0119. The van der Waals surface area contributed by atoms with Gasteiger partial charge in [0.25, 0.3) is 5.91 Å². The summed E-state index contributed by atoms with van der Waals surface area (Å²) in [6.07, 6.45) is 3.97. The van der Waals surface area contributed by atoms with Gasteiger partial charge in [0.2, 0.25) is 5.91 Å². The molecule has 0 fully saturated rings. The van der Waals surface area contributed by atoms with E-state index in [2.05, 4.69) is 41.8 Å². The lowest BCUT2D eigenvalue weighted by atomic mass is 10.0. The maximum atomic E-state index is 12.1. The van der Waals surface area contributed by atoms with Gasteiger partial charge in [-0.15, -0.1) is 0 Å². The molecule has 0 saturated carbocycles. The van der Waals surface area contributed by atoms with Crippen LogP contribution in [0.25, 0.3) is 0 Å². The molecule has 0 heterocycles. The lowest BCUT2D eigenvalue weighted by molar-refractivity contribution is -0.116. The number of carbonyl (C=O) groups excluding carboxylic acids is 2. The predicted molar refractivity (Wildman–Crippen MR) is 110 cm³/mol. The van der Waals surface area contributed by atoms with Gasteiger partial charge < -0.3 is 5.32 Å². The van der Waals surface area contributed by atoms with Crippen molar-refractivity contribution in [3.05, 3.63) is 65.2 Å². The van der Waals surface area contributed by atoms with Crippen LogP contribution in [-0.2, 0) is 4.79 Å². The van der Waals surface area contributed by atoms with E-state index in [4.69, 9.17) is 0 Å². The van der Waals surface area contributed by atoms with Crippen LogP contribution in [0.15, 0.2) is 53.6 Å². The fourth-order valence-corrected chi connectivity index (χ4v) is 2.46. The molecule has 5 nitrogen and oxygen atoms in total. The van der Waals surface area contributed by atoms with Gasteiger partial charge in [-0.2, -0.15) is 5.10 Å². The highest BCUT2D eigenvalue weighted by Gasteiger charge is 2.06. The average Bonchev–Trinajstić information content (AvgIpc) is 2.67. The quantitative estimate of drug-likeness (QED) is 0.526. The zero-order valence-electron chi connectivity index (χ0n) is 16.2. The standard InChI is InChI=1S/C22H27N3O2/c1-4-5-6-21(26)24-20-13-11-19(12-14-20)22(27)25-23-15-17-7-9-18(10-8-17)16(2)3/h7-16H,4-6H2,1-3H3,(H,24,26)(H,25,27). The van der Waals surface area contributed by atoms with E-state index in [1.165, 1.54) is 5.56 Å². The lowest BCUT2D eigenvalue weighted by Gasteiger charge is -2.06. The summed E-state index contributed by atoms with van der Waals surface area (Å²) < 4.78 is 0. The molecule has 2 rings (SSSR count). The van der Waals surface area contributed by atoms with Crippen LogP contribution in [0.3, 0.4) is 0 Å². The van der Waals surface area contributed by atoms with Gasteiger partial charge >= 0.3 is 0 Å². The number of hydrazone groups is 1. The second-order valence-electron chi connectivity index (χ2n) is 6.75. The number of nitrogens with zero attached hydrogens (tertiary/aromatic N) is 1. The van der Waals surface area contributed by atoms with Crippen molar-refractivity contribution in [2.45, 2.75) is 46.0 Å². The van der Waals surface area contributed by atoms with Gasteiger partial charge in [0.05, 0.1) is 6.21 Å². The van der Waals surface area contributed by atoms with Crippen molar-refractivity contribution in [1.29, 1.82) is 0 Å². The molecule has 0 radical (unpaired) electrons. The third-order valence-corrected chi connectivity index (χ3v) is 4.17. The second-order valence-corrected chi connectivity index (χ2v) is 6.75. The normalized spacial score (nSPS) is 11.0. The largest absolute Gasteiger partial charge is 0.326 e. The van der Waals surface area contributed by atoms with Crippen LogP contribution in [0.5, 0.6) is 0 Å². The van der Waals surface area contributed by atoms with Crippen molar-refractivity contribution in [3.8, 4) is 0 Å². The molecule has 0 spiro atoms. The van der Waals surface area contributed by atoms with Gasteiger partial charge in [-0.05, 0) is 47.7 Å². The highest BCUT2D eigenvalue weighted by molar-refractivity contribution is 5.96. The number of rotatable bonds is 8. The van der Waals surface area contributed by atoms with Crippen LogP contribution in [0.4, 0.5) is 5.69 Å². The number of unbranched alkanes of at least 4 members (excludes halogenated alkanes) is 1. The van der Waals surface area contributed by atoms with E-state index in [0.29, 0.717) is 23.6 Å². The van der Waals surface area contributed by atoms with E-state index in [1.807, 2.05) is 19.1 Å². The third kappa shape index (κ3) is 6.70. The molecular formula is C22H27N3O2. The van der Waals surface area contributed by atoms with Crippen molar-refractivity contribution >= 4 is 23.7 Å².